The third-order valence-corrected chi connectivity index (χ3v) is 4.27. The molecule has 0 atom stereocenters. The third-order valence-electron chi connectivity index (χ3n) is 4.27. The second kappa shape index (κ2) is 20.9. The van der Waals surface area contributed by atoms with Crippen LogP contribution in [0.15, 0.2) is 72.8 Å². The largest absolute Gasteiger partial charge is 1.00 e. The molecule has 0 aromatic heterocycles. The van der Waals surface area contributed by atoms with E-state index in [4.69, 9.17) is 5.11 Å². The predicted molar refractivity (Wildman–Crippen MR) is 117 cm³/mol. The van der Waals surface area contributed by atoms with Crippen LogP contribution < -0.4 is 113 Å². The number of hydrogen-bond acceptors (Lipinski definition) is 3. The van der Waals surface area contributed by atoms with Crippen molar-refractivity contribution in [1.82, 2.24) is 0 Å². The van der Waals surface area contributed by atoms with E-state index in [1.807, 2.05) is 36.4 Å². The van der Waals surface area contributed by atoms with Crippen molar-refractivity contribution in [2.45, 2.75) is 52.9 Å². The molecule has 0 spiro atoms. The summed E-state index contributed by atoms with van der Waals surface area (Å²) in [6.45, 7) is 6.27. The number of aryl methyl sites for hydroxylation is 3. The first-order valence-corrected chi connectivity index (χ1v) is 10.3. The first-order valence-electron chi connectivity index (χ1n) is 10.3. The zero-order valence-electron chi connectivity index (χ0n) is 19.7. The van der Waals surface area contributed by atoms with E-state index in [9.17, 15) is 10.2 Å². The number of hydrogen-bond donors (Lipinski definition) is 1. The van der Waals surface area contributed by atoms with Gasteiger partial charge in [0.1, 0.15) is 5.75 Å². The van der Waals surface area contributed by atoms with Gasteiger partial charge in [-0.3, -0.25) is 0 Å². The molecule has 0 bridgehead atoms. The molecule has 156 valence electrons. The van der Waals surface area contributed by atoms with Gasteiger partial charge in [-0.1, -0.05) is 99.8 Å². The summed E-state index contributed by atoms with van der Waals surface area (Å²) < 4.78 is 0. The minimum atomic E-state index is 0. The summed E-state index contributed by atoms with van der Waals surface area (Å²) in [5.74, 6) is 0.624. The predicted octanol–water partition coefficient (Wildman–Crippen LogP) is -0.612. The quantitative estimate of drug-likeness (QED) is 0.506. The Labute approximate surface area is 273 Å². The number of benzene rings is 3. The van der Waals surface area contributed by atoms with E-state index in [-0.39, 0.29) is 114 Å². The van der Waals surface area contributed by atoms with E-state index in [0.717, 1.165) is 37.7 Å². The number of para-hydroxylation sites is 1. The molecule has 1 N–H and O–H groups in total. The van der Waals surface area contributed by atoms with Crippen molar-refractivity contribution in [1.29, 1.82) is 0 Å². The molecule has 0 fully saturated rings. The van der Waals surface area contributed by atoms with Crippen molar-refractivity contribution in [3.05, 3.63) is 89.5 Å². The number of aromatic hydroxyl groups is 1. The first-order chi connectivity index (χ1) is 14.0. The summed E-state index contributed by atoms with van der Waals surface area (Å²) in [7, 11) is 0. The molecule has 3 aromatic carbocycles. The minimum absolute atomic E-state index is 0. The average molecular weight is 471 g/mol. The summed E-state index contributed by atoms with van der Waals surface area (Å²) in [4.78, 5) is 0. The fourth-order valence-electron chi connectivity index (χ4n) is 2.70. The van der Waals surface area contributed by atoms with E-state index in [0.29, 0.717) is 5.75 Å². The maximum absolute atomic E-state index is 11.0. The zero-order valence-corrected chi connectivity index (χ0v) is 26.0. The van der Waals surface area contributed by atoms with Gasteiger partial charge in [0.2, 0.25) is 0 Å². The van der Waals surface area contributed by atoms with Gasteiger partial charge in [0.15, 0.2) is 0 Å². The minimum Gasteiger partial charge on any atom is -0.872 e. The zero-order chi connectivity index (χ0) is 21.5. The van der Waals surface area contributed by atoms with Crippen molar-refractivity contribution >= 4 is 0 Å². The van der Waals surface area contributed by atoms with Gasteiger partial charge in [-0.2, -0.15) is 0 Å². The summed E-state index contributed by atoms with van der Waals surface area (Å²) in [6.07, 6.45) is 5.13. The van der Waals surface area contributed by atoms with Crippen LogP contribution in [0.1, 0.15) is 50.3 Å². The topological polar surface area (TPSA) is 66.3 Å². The van der Waals surface area contributed by atoms with Crippen molar-refractivity contribution in [2.24, 2.45) is 0 Å². The molecule has 3 aromatic rings. The van der Waals surface area contributed by atoms with Crippen LogP contribution in [0.5, 0.6) is 17.2 Å². The summed E-state index contributed by atoms with van der Waals surface area (Å²) in [5, 5.41) is 30.6. The molecule has 5 heteroatoms. The fourth-order valence-corrected chi connectivity index (χ4v) is 2.70. The molecule has 0 amide bonds. The number of phenols is 1. The molecule has 3 nitrogen and oxygen atoms in total. The first kappa shape index (κ1) is 33.5. The normalized spacial score (nSPS) is 9.00. The second-order valence-corrected chi connectivity index (χ2v) is 6.78. The Morgan fingerprint density at radius 2 is 1.29 bits per heavy atom. The summed E-state index contributed by atoms with van der Waals surface area (Å²) in [6, 6.07) is 21.5. The molecular formula is C26H32K2O3. The maximum Gasteiger partial charge on any atom is 1.00 e. The van der Waals surface area contributed by atoms with Crippen molar-refractivity contribution < 1.29 is 118 Å². The molecule has 0 unspecified atom stereocenters. The number of phenolic OH excluding ortho intramolecular Hbond substituents is 1. The van der Waals surface area contributed by atoms with Crippen LogP contribution in [-0.4, -0.2) is 5.11 Å². The molecule has 0 saturated carbocycles. The Bertz CT molecular complexity index is 821. The van der Waals surface area contributed by atoms with Gasteiger partial charge in [0, 0.05) is 0 Å². The van der Waals surface area contributed by atoms with Gasteiger partial charge in [-0.25, -0.2) is 0 Å². The standard InChI is InChI=1S/2C9H12O.C8H10O.2K/c1-2-5-8-6-3-4-7-9(8)10;1-2-3-8-4-6-9(10)7-5-8;1-2-7-4-3-5-8(9)6-7;;/h3-4,6-7,10H,2,5H2,1H3;4-7,10H,2-3H2,1H3;3-6,9H,2H2,1H3;;/q;;;2*+1/p-2. The van der Waals surface area contributed by atoms with Gasteiger partial charge in [0.05, 0.1) is 0 Å². The smallest absolute Gasteiger partial charge is 0.872 e. The molecule has 0 aliphatic heterocycles. The van der Waals surface area contributed by atoms with Crippen molar-refractivity contribution in [3.8, 4) is 17.2 Å². The monoisotopic (exact) mass is 470 g/mol. The van der Waals surface area contributed by atoms with Crippen LogP contribution in [0, 0.1) is 0 Å². The summed E-state index contributed by atoms with van der Waals surface area (Å²) in [5.41, 5.74) is 3.36. The molecule has 0 radical (unpaired) electrons. The van der Waals surface area contributed by atoms with Crippen LogP contribution >= 0.6 is 0 Å². The molecule has 0 heterocycles. The molecule has 3 rings (SSSR count). The molecule has 0 aliphatic carbocycles. The Balaban J connectivity index is 0. The summed E-state index contributed by atoms with van der Waals surface area (Å²) >= 11 is 0. The maximum atomic E-state index is 11.0. The van der Waals surface area contributed by atoms with E-state index >= 15 is 0 Å². The van der Waals surface area contributed by atoms with Crippen molar-refractivity contribution in [3.63, 3.8) is 0 Å². The van der Waals surface area contributed by atoms with E-state index in [1.54, 1.807) is 36.4 Å². The van der Waals surface area contributed by atoms with Crippen molar-refractivity contribution in [2.75, 3.05) is 0 Å². The molecular weight excluding hydrogens is 438 g/mol. The average Bonchev–Trinajstić information content (AvgIpc) is 2.73. The number of rotatable bonds is 5. The van der Waals surface area contributed by atoms with E-state index in [1.165, 1.54) is 11.1 Å². The van der Waals surface area contributed by atoms with Gasteiger partial charge in [0.25, 0.3) is 0 Å². The van der Waals surface area contributed by atoms with Gasteiger partial charge in [-0.15, -0.1) is 11.5 Å². The van der Waals surface area contributed by atoms with Crippen LogP contribution in [0.3, 0.4) is 0 Å². The Morgan fingerprint density at radius 3 is 1.77 bits per heavy atom. The molecule has 0 aliphatic rings. The third kappa shape index (κ3) is 15.7. The van der Waals surface area contributed by atoms with Crippen LogP contribution in [0.2, 0.25) is 0 Å². The molecule has 31 heavy (non-hydrogen) atoms. The Morgan fingerprint density at radius 1 is 0.677 bits per heavy atom. The second-order valence-electron chi connectivity index (χ2n) is 6.78. The molecule has 0 saturated heterocycles. The SMILES string of the molecule is CCCc1ccc([O-])cc1.CCCc1ccccc1[O-].CCc1cccc(O)c1.[K+].[K+]. The van der Waals surface area contributed by atoms with Gasteiger partial charge in [-0.05, 0) is 42.5 Å². The Kier molecular flexibility index (Phi) is 22.6. The Hall–Kier alpha value is 0.333. The van der Waals surface area contributed by atoms with Crippen LogP contribution in [0.25, 0.3) is 0 Å². The van der Waals surface area contributed by atoms with E-state index < -0.39 is 0 Å². The van der Waals surface area contributed by atoms with Gasteiger partial charge < -0.3 is 15.3 Å². The van der Waals surface area contributed by atoms with E-state index in [2.05, 4.69) is 20.8 Å². The fraction of sp³-hybridized carbons (Fsp3) is 0.308. The van der Waals surface area contributed by atoms with Gasteiger partial charge >= 0.3 is 103 Å². The van der Waals surface area contributed by atoms with Crippen LogP contribution in [0.4, 0.5) is 0 Å². The van der Waals surface area contributed by atoms with Crippen LogP contribution in [-0.2, 0) is 19.3 Å².